The van der Waals surface area contributed by atoms with E-state index < -0.39 is 0 Å². The fourth-order valence-electron chi connectivity index (χ4n) is 3.03. The number of benzene rings is 2. The zero-order chi connectivity index (χ0) is 17.5. The van der Waals surface area contributed by atoms with Crippen LogP contribution in [0.1, 0.15) is 12.8 Å². The van der Waals surface area contributed by atoms with Gasteiger partial charge in [-0.05, 0) is 37.1 Å². The number of rotatable bonds is 6. The molecule has 1 amide bonds. The molecule has 1 N–H and O–H groups in total. The van der Waals surface area contributed by atoms with Crippen LogP contribution in [-0.2, 0) is 4.79 Å². The van der Waals surface area contributed by atoms with Gasteiger partial charge in [-0.2, -0.15) is 0 Å². The average molecular weight is 340 g/mol. The molecule has 1 aliphatic rings. The molecule has 132 valence electrons. The van der Waals surface area contributed by atoms with Gasteiger partial charge in [0.25, 0.3) is 5.91 Å². The Morgan fingerprint density at radius 2 is 1.80 bits per heavy atom. The number of piperidine rings is 1. The van der Waals surface area contributed by atoms with Crippen molar-refractivity contribution in [1.82, 2.24) is 5.32 Å². The summed E-state index contributed by atoms with van der Waals surface area (Å²) < 4.78 is 10.7. The smallest absolute Gasteiger partial charge is 0.258 e. The third kappa shape index (κ3) is 4.89. The van der Waals surface area contributed by atoms with Gasteiger partial charge in [-0.1, -0.05) is 24.3 Å². The van der Waals surface area contributed by atoms with Crippen molar-refractivity contribution in [2.75, 3.05) is 31.7 Å². The lowest BCUT2D eigenvalue weighted by atomic mass is 10.0. The van der Waals surface area contributed by atoms with Crippen molar-refractivity contribution in [3.05, 3.63) is 54.6 Å². The molecule has 1 aliphatic heterocycles. The minimum Gasteiger partial charge on any atom is -0.497 e. The molecule has 0 saturated carbocycles. The first-order valence-corrected chi connectivity index (χ1v) is 8.61. The molecule has 2 aromatic rings. The van der Waals surface area contributed by atoms with Gasteiger partial charge in [0.05, 0.1) is 7.11 Å². The molecular weight excluding hydrogens is 316 g/mol. The van der Waals surface area contributed by atoms with Crippen molar-refractivity contribution in [2.24, 2.45) is 0 Å². The lowest BCUT2D eigenvalue weighted by Crippen LogP contribution is -2.46. The van der Waals surface area contributed by atoms with E-state index in [0.29, 0.717) is 11.5 Å². The van der Waals surface area contributed by atoms with Gasteiger partial charge < -0.3 is 19.7 Å². The summed E-state index contributed by atoms with van der Waals surface area (Å²) in [5, 5.41) is 3.07. The molecule has 0 unspecified atom stereocenters. The Kier molecular flexibility index (Phi) is 5.77. The van der Waals surface area contributed by atoms with Crippen LogP contribution in [0, 0.1) is 0 Å². The number of anilines is 1. The van der Waals surface area contributed by atoms with Gasteiger partial charge in [-0.15, -0.1) is 0 Å². The highest BCUT2D eigenvalue weighted by Crippen LogP contribution is 2.20. The number of nitrogens with one attached hydrogen (secondary N) is 1. The quantitative estimate of drug-likeness (QED) is 0.878. The van der Waals surface area contributed by atoms with Gasteiger partial charge >= 0.3 is 0 Å². The molecule has 0 aromatic heterocycles. The van der Waals surface area contributed by atoms with Gasteiger partial charge in [0, 0.05) is 30.9 Å². The van der Waals surface area contributed by atoms with Crippen LogP contribution in [-0.4, -0.2) is 38.8 Å². The average Bonchev–Trinajstić information content (AvgIpc) is 2.68. The van der Waals surface area contributed by atoms with Crippen molar-refractivity contribution in [1.29, 1.82) is 0 Å². The summed E-state index contributed by atoms with van der Waals surface area (Å²) in [4.78, 5) is 14.5. The minimum absolute atomic E-state index is 0.0199. The Balaban J connectivity index is 1.42. The number of amides is 1. The van der Waals surface area contributed by atoms with E-state index in [-0.39, 0.29) is 18.6 Å². The first-order valence-electron chi connectivity index (χ1n) is 8.61. The first kappa shape index (κ1) is 17.1. The maximum atomic E-state index is 12.1. The summed E-state index contributed by atoms with van der Waals surface area (Å²) in [5.41, 5.74) is 1.24. The first-order chi connectivity index (χ1) is 12.2. The molecule has 1 heterocycles. The van der Waals surface area contributed by atoms with E-state index >= 15 is 0 Å². The van der Waals surface area contributed by atoms with E-state index in [1.165, 1.54) is 5.69 Å². The van der Waals surface area contributed by atoms with Crippen molar-refractivity contribution in [2.45, 2.75) is 18.9 Å². The Morgan fingerprint density at radius 3 is 2.52 bits per heavy atom. The number of ether oxygens (including phenoxy) is 2. The molecule has 2 aromatic carbocycles. The van der Waals surface area contributed by atoms with Gasteiger partial charge in [0.2, 0.25) is 0 Å². The summed E-state index contributed by atoms with van der Waals surface area (Å²) in [6.45, 7) is 1.92. The van der Waals surface area contributed by atoms with Gasteiger partial charge in [0.15, 0.2) is 6.61 Å². The zero-order valence-corrected chi connectivity index (χ0v) is 14.5. The van der Waals surface area contributed by atoms with Crippen LogP contribution < -0.4 is 19.7 Å². The fraction of sp³-hybridized carbons (Fsp3) is 0.350. The van der Waals surface area contributed by atoms with E-state index in [1.807, 2.05) is 24.3 Å². The van der Waals surface area contributed by atoms with Crippen LogP contribution in [0.25, 0.3) is 0 Å². The lowest BCUT2D eigenvalue weighted by Gasteiger charge is -2.33. The molecule has 1 fully saturated rings. The maximum absolute atomic E-state index is 12.1. The van der Waals surface area contributed by atoms with Crippen LogP contribution in [0.4, 0.5) is 5.69 Å². The number of methoxy groups -OCH3 is 1. The minimum atomic E-state index is -0.0824. The number of para-hydroxylation sites is 1. The van der Waals surface area contributed by atoms with Crippen molar-refractivity contribution < 1.29 is 14.3 Å². The third-order valence-electron chi connectivity index (χ3n) is 4.39. The highest BCUT2D eigenvalue weighted by atomic mass is 16.5. The summed E-state index contributed by atoms with van der Waals surface area (Å²) >= 11 is 0. The lowest BCUT2D eigenvalue weighted by molar-refractivity contribution is -0.123. The van der Waals surface area contributed by atoms with E-state index in [2.05, 4.69) is 34.5 Å². The Bertz CT molecular complexity index is 682. The Labute approximate surface area is 148 Å². The molecule has 1 saturated heterocycles. The standard InChI is InChI=1S/C20H24N2O3/c1-24-18-8-5-9-19(14-18)25-15-20(23)21-16-10-12-22(13-11-16)17-6-3-2-4-7-17/h2-9,14,16H,10-13,15H2,1H3,(H,21,23). The largest absolute Gasteiger partial charge is 0.497 e. The molecule has 25 heavy (non-hydrogen) atoms. The molecule has 0 bridgehead atoms. The number of carbonyl (C=O) groups is 1. The molecule has 0 atom stereocenters. The molecule has 5 nitrogen and oxygen atoms in total. The highest BCUT2D eigenvalue weighted by Gasteiger charge is 2.20. The second kappa shape index (κ2) is 8.42. The Hall–Kier alpha value is -2.69. The van der Waals surface area contributed by atoms with Gasteiger partial charge in [0.1, 0.15) is 11.5 Å². The SMILES string of the molecule is COc1cccc(OCC(=O)NC2CCN(c3ccccc3)CC2)c1. The monoisotopic (exact) mass is 340 g/mol. The van der Waals surface area contributed by atoms with Crippen molar-refractivity contribution in [3.8, 4) is 11.5 Å². The van der Waals surface area contributed by atoms with Crippen LogP contribution in [0.3, 0.4) is 0 Å². The Morgan fingerprint density at radius 1 is 1.08 bits per heavy atom. The van der Waals surface area contributed by atoms with Crippen LogP contribution in [0.15, 0.2) is 54.6 Å². The van der Waals surface area contributed by atoms with Gasteiger partial charge in [-0.3, -0.25) is 4.79 Å². The fourth-order valence-corrected chi connectivity index (χ4v) is 3.03. The number of hydrogen-bond acceptors (Lipinski definition) is 4. The predicted molar refractivity (Wildman–Crippen MR) is 98.3 cm³/mol. The number of hydrogen-bond donors (Lipinski definition) is 1. The van der Waals surface area contributed by atoms with Crippen LogP contribution in [0.2, 0.25) is 0 Å². The van der Waals surface area contributed by atoms with Crippen LogP contribution in [0.5, 0.6) is 11.5 Å². The predicted octanol–water partition coefficient (Wildman–Crippen LogP) is 2.86. The molecule has 0 aliphatic carbocycles. The summed E-state index contributed by atoms with van der Waals surface area (Å²) in [6, 6.07) is 17.9. The van der Waals surface area contributed by atoms with Gasteiger partial charge in [-0.25, -0.2) is 0 Å². The van der Waals surface area contributed by atoms with Crippen LogP contribution >= 0.6 is 0 Å². The van der Waals surface area contributed by atoms with E-state index in [0.717, 1.165) is 25.9 Å². The molecular formula is C20H24N2O3. The summed E-state index contributed by atoms with van der Waals surface area (Å²) in [6.07, 6.45) is 1.89. The number of nitrogens with zero attached hydrogens (tertiary/aromatic N) is 1. The second-order valence-corrected chi connectivity index (χ2v) is 6.13. The topological polar surface area (TPSA) is 50.8 Å². The molecule has 0 spiro atoms. The zero-order valence-electron chi connectivity index (χ0n) is 14.5. The van der Waals surface area contributed by atoms with E-state index in [4.69, 9.17) is 9.47 Å². The van der Waals surface area contributed by atoms with Crippen molar-refractivity contribution in [3.63, 3.8) is 0 Å². The summed E-state index contributed by atoms with van der Waals surface area (Å²) in [5.74, 6) is 1.26. The maximum Gasteiger partial charge on any atom is 0.258 e. The number of carbonyl (C=O) groups excluding carboxylic acids is 1. The molecule has 0 radical (unpaired) electrons. The van der Waals surface area contributed by atoms with E-state index in [1.54, 1.807) is 13.2 Å². The normalized spacial score (nSPS) is 14.8. The highest BCUT2D eigenvalue weighted by molar-refractivity contribution is 5.77. The molecule has 5 heteroatoms. The third-order valence-corrected chi connectivity index (χ3v) is 4.39. The van der Waals surface area contributed by atoms with E-state index in [9.17, 15) is 4.79 Å². The molecule has 3 rings (SSSR count). The summed E-state index contributed by atoms with van der Waals surface area (Å²) in [7, 11) is 1.60. The van der Waals surface area contributed by atoms with Crippen molar-refractivity contribution >= 4 is 11.6 Å². The second-order valence-electron chi connectivity index (χ2n) is 6.13.